The minimum atomic E-state index is -0.884. The molecule has 4 rings (SSSR count). The maximum Gasteiger partial charge on any atom is 0.411 e. The molecule has 0 radical (unpaired) electrons. The van der Waals surface area contributed by atoms with Crippen molar-refractivity contribution in [3.63, 3.8) is 0 Å². The van der Waals surface area contributed by atoms with Crippen LogP contribution in [0.15, 0.2) is 0 Å². The maximum atomic E-state index is 12.6. The Morgan fingerprint density at radius 3 is 2.41 bits per heavy atom. The Bertz CT molecular complexity index is 466. The summed E-state index contributed by atoms with van der Waals surface area (Å²) in [6.07, 6.45) is 6.08. The molecule has 5 heteroatoms. The Kier molecular flexibility index (Phi) is 3.86. The van der Waals surface area contributed by atoms with Crippen molar-refractivity contribution in [3.05, 3.63) is 0 Å². The van der Waals surface area contributed by atoms with Crippen LogP contribution in [0.4, 0.5) is 4.79 Å². The third kappa shape index (κ3) is 3.08. The number of amides is 1. The SMILES string of the molecule is CC(C)(C)OC(=O)N1C(C(=O)O)[C@@H]2CC[C@H]1[C@H](CC1CC1)C2. The van der Waals surface area contributed by atoms with E-state index in [0.29, 0.717) is 5.92 Å². The van der Waals surface area contributed by atoms with Crippen molar-refractivity contribution >= 4 is 12.1 Å². The van der Waals surface area contributed by atoms with Gasteiger partial charge in [0.05, 0.1) is 0 Å². The summed E-state index contributed by atoms with van der Waals surface area (Å²) in [5, 5.41) is 9.61. The van der Waals surface area contributed by atoms with Gasteiger partial charge in [-0.25, -0.2) is 9.59 Å². The molecule has 0 aromatic rings. The van der Waals surface area contributed by atoms with Gasteiger partial charge in [0, 0.05) is 6.04 Å². The summed E-state index contributed by atoms with van der Waals surface area (Å²) >= 11 is 0. The van der Waals surface area contributed by atoms with Crippen LogP contribution in [0.2, 0.25) is 0 Å². The average molecular weight is 309 g/mol. The molecule has 4 aliphatic rings. The normalized spacial score (nSPS) is 34.6. The smallest absolute Gasteiger partial charge is 0.411 e. The predicted octanol–water partition coefficient (Wildman–Crippen LogP) is 3.28. The molecular weight excluding hydrogens is 282 g/mol. The maximum absolute atomic E-state index is 12.6. The molecule has 2 bridgehead atoms. The fourth-order valence-corrected chi connectivity index (χ4v) is 4.29. The number of hydrogen-bond donors (Lipinski definition) is 1. The summed E-state index contributed by atoms with van der Waals surface area (Å²) < 4.78 is 5.50. The molecule has 1 unspecified atom stereocenters. The van der Waals surface area contributed by atoms with Gasteiger partial charge in [0.25, 0.3) is 0 Å². The van der Waals surface area contributed by atoms with E-state index in [1.54, 1.807) is 4.90 Å². The van der Waals surface area contributed by atoms with Crippen LogP contribution in [-0.2, 0) is 9.53 Å². The highest BCUT2D eigenvalue weighted by Gasteiger charge is 2.53. The molecule has 4 atom stereocenters. The number of fused-ring (bicyclic) bond motifs is 3. The van der Waals surface area contributed by atoms with Crippen LogP contribution in [0, 0.1) is 17.8 Å². The van der Waals surface area contributed by atoms with Gasteiger partial charge in [0.15, 0.2) is 0 Å². The fourth-order valence-electron chi connectivity index (χ4n) is 4.29. The van der Waals surface area contributed by atoms with Gasteiger partial charge in [-0.1, -0.05) is 12.8 Å². The molecule has 2 saturated carbocycles. The van der Waals surface area contributed by atoms with Crippen molar-refractivity contribution in [2.45, 2.75) is 77.0 Å². The standard InChI is InChI=1S/C17H27NO4/c1-17(2,3)22-16(21)18-13-7-6-11(14(18)15(19)20)9-12(13)8-10-4-5-10/h10-14H,4-9H2,1-3H3,(H,19,20)/t11-,12-,13+,14?/m1/s1. The lowest BCUT2D eigenvalue weighted by molar-refractivity contribution is -0.155. The molecule has 0 aromatic carbocycles. The Hall–Kier alpha value is -1.26. The van der Waals surface area contributed by atoms with Gasteiger partial charge in [-0.15, -0.1) is 0 Å². The van der Waals surface area contributed by atoms with E-state index < -0.39 is 23.7 Å². The molecule has 0 aromatic heterocycles. The van der Waals surface area contributed by atoms with Crippen molar-refractivity contribution < 1.29 is 19.4 Å². The van der Waals surface area contributed by atoms with Gasteiger partial charge in [-0.3, -0.25) is 4.90 Å². The molecule has 2 heterocycles. The van der Waals surface area contributed by atoms with Crippen molar-refractivity contribution in [2.24, 2.45) is 17.8 Å². The quantitative estimate of drug-likeness (QED) is 0.869. The number of hydrogen-bond acceptors (Lipinski definition) is 3. The van der Waals surface area contributed by atoms with Gasteiger partial charge >= 0.3 is 12.1 Å². The van der Waals surface area contributed by atoms with E-state index >= 15 is 0 Å². The topological polar surface area (TPSA) is 66.8 Å². The van der Waals surface area contributed by atoms with Crippen molar-refractivity contribution in [2.75, 3.05) is 0 Å². The summed E-state index contributed by atoms with van der Waals surface area (Å²) in [7, 11) is 0. The van der Waals surface area contributed by atoms with Gasteiger partial charge < -0.3 is 9.84 Å². The first-order valence-corrected chi connectivity index (χ1v) is 8.50. The summed E-state index contributed by atoms with van der Waals surface area (Å²) in [6, 6.07) is -0.661. The Balaban J connectivity index is 1.81. The molecule has 2 saturated heterocycles. The van der Waals surface area contributed by atoms with Crippen LogP contribution in [0.25, 0.3) is 0 Å². The third-order valence-electron chi connectivity index (χ3n) is 5.28. The monoisotopic (exact) mass is 309 g/mol. The minimum Gasteiger partial charge on any atom is -0.480 e. The van der Waals surface area contributed by atoms with Crippen LogP contribution in [0.1, 0.15) is 59.3 Å². The molecule has 1 N–H and O–H groups in total. The molecular formula is C17H27NO4. The Morgan fingerprint density at radius 2 is 1.86 bits per heavy atom. The zero-order valence-electron chi connectivity index (χ0n) is 13.7. The number of rotatable bonds is 3. The van der Waals surface area contributed by atoms with E-state index in [9.17, 15) is 14.7 Å². The summed E-state index contributed by atoms with van der Waals surface area (Å²) in [5.41, 5.74) is -0.594. The first-order chi connectivity index (χ1) is 10.3. The predicted molar refractivity (Wildman–Crippen MR) is 81.5 cm³/mol. The van der Waals surface area contributed by atoms with Gasteiger partial charge in [-0.05, 0) is 64.2 Å². The van der Waals surface area contributed by atoms with E-state index in [4.69, 9.17) is 4.74 Å². The van der Waals surface area contributed by atoms with Crippen molar-refractivity contribution in [1.82, 2.24) is 4.90 Å². The number of aliphatic carboxylic acids is 1. The number of carboxylic acids is 1. The molecule has 2 aliphatic heterocycles. The second kappa shape index (κ2) is 5.43. The highest BCUT2D eigenvalue weighted by atomic mass is 16.6. The second-order valence-corrected chi connectivity index (χ2v) is 8.25. The second-order valence-electron chi connectivity index (χ2n) is 8.25. The molecule has 124 valence electrons. The average Bonchev–Trinajstić information content (AvgIpc) is 3.20. The number of ether oxygens (including phenoxy) is 1. The number of carbonyl (C=O) groups is 2. The summed E-state index contributed by atoms with van der Waals surface area (Å²) in [4.78, 5) is 25.9. The van der Waals surface area contributed by atoms with E-state index in [1.807, 2.05) is 20.8 Å². The fraction of sp³-hybridized carbons (Fsp3) is 0.882. The molecule has 2 aliphatic carbocycles. The highest BCUT2D eigenvalue weighted by molar-refractivity contribution is 5.81. The third-order valence-corrected chi connectivity index (χ3v) is 5.28. The Labute approximate surface area is 132 Å². The first kappa shape index (κ1) is 15.6. The lowest BCUT2D eigenvalue weighted by Gasteiger charge is -2.53. The van der Waals surface area contributed by atoms with Crippen LogP contribution in [0.3, 0.4) is 0 Å². The van der Waals surface area contributed by atoms with Crippen LogP contribution < -0.4 is 0 Å². The summed E-state index contributed by atoms with van der Waals surface area (Å²) in [6.45, 7) is 5.47. The zero-order chi connectivity index (χ0) is 16.1. The van der Waals surface area contributed by atoms with E-state index in [2.05, 4.69) is 0 Å². The van der Waals surface area contributed by atoms with Crippen LogP contribution in [-0.4, -0.2) is 39.8 Å². The molecule has 5 nitrogen and oxygen atoms in total. The lowest BCUT2D eigenvalue weighted by atomic mass is 9.67. The largest absolute Gasteiger partial charge is 0.480 e. The van der Waals surface area contributed by atoms with Gasteiger partial charge in [0.2, 0.25) is 0 Å². The highest BCUT2D eigenvalue weighted by Crippen LogP contribution is 2.48. The first-order valence-electron chi connectivity index (χ1n) is 8.50. The molecule has 1 amide bonds. The summed E-state index contributed by atoms with van der Waals surface area (Å²) in [5.74, 6) is 0.451. The van der Waals surface area contributed by atoms with E-state index in [0.717, 1.165) is 31.6 Å². The zero-order valence-corrected chi connectivity index (χ0v) is 13.7. The van der Waals surface area contributed by atoms with Crippen LogP contribution in [0.5, 0.6) is 0 Å². The van der Waals surface area contributed by atoms with Gasteiger partial charge in [-0.2, -0.15) is 0 Å². The number of carboxylic acid groups (broad SMARTS) is 1. The van der Waals surface area contributed by atoms with Crippen molar-refractivity contribution in [3.8, 4) is 0 Å². The number of nitrogens with zero attached hydrogens (tertiary/aromatic N) is 1. The van der Waals surface area contributed by atoms with Crippen LogP contribution >= 0.6 is 0 Å². The Morgan fingerprint density at radius 1 is 1.18 bits per heavy atom. The molecule has 0 spiro atoms. The minimum absolute atomic E-state index is 0.0431. The number of piperidine rings is 2. The van der Waals surface area contributed by atoms with E-state index in [1.165, 1.54) is 12.8 Å². The lowest BCUT2D eigenvalue weighted by Crippen LogP contribution is -2.64. The number of carbonyl (C=O) groups excluding carboxylic acids is 1. The van der Waals surface area contributed by atoms with Gasteiger partial charge in [0.1, 0.15) is 11.6 Å². The molecule has 22 heavy (non-hydrogen) atoms. The van der Waals surface area contributed by atoms with Crippen molar-refractivity contribution in [1.29, 1.82) is 0 Å². The van der Waals surface area contributed by atoms with E-state index in [-0.39, 0.29) is 12.0 Å². The molecule has 4 fully saturated rings.